The van der Waals surface area contributed by atoms with E-state index in [1.54, 1.807) is 0 Å². The van der Waals surface area contributed by atoms with Gasteiger partial charge in [0.15, 0.2) is 0 Å². The summed E-state index contributed by atoms with van der Waals surface area (Å²) in [5.41, 5.74) is 5.57. The fourth-order valence-corrected chi connectivity index (χ4v) is 3.17. The Kier molecular flexibility index (Phi) is 4.87. The molecule has 21 heavy (non-hydrogen) atoms. The first kappa shape index (κ1) is 16.2. The number of piperidine rings is 1. The van der Waals surface area contributed by atoms with Crippen molar-refractivity contribution in [1.82, 2.24) is 10.5 Å². The number of hydrogen-bond donors (Lipinski definition) is 1. The maximum Gasteiger partial charge on any atom is 0.0479 e. The predicted molar refractivity (Wildman–Crippen MR) is 88.3 cm³/mol. The first-order valence-corrected chi connectivity index (χ1v) is 7.77. The Morgan fingerprint density at radius 2 is 1.71 bits per heavy atom. The number of nitrogens with one attached hydrogen (secondary N) is 1. The lowest BCUT2D eigenvalue weighted by Crippen LogP contribution is -2.59. The highest BCUT2D eigenvalue weighted by molar-refractivity contribution is 5.47. The van der Waals surface area contributed by atoms with Crippen molar-refractivity contribution in [3.05, 3.63) is 42.0 Å². The number of rotatable bonds is 5. The molecule has 1 fully saturated rings. The van der Waals surface area contributed by atoms with Crippen LogP contribution in [0.1, 0.15) is 58.1 Å². The van der Waals surface area contributed by atoms with Gasteiger partial charge in [-0.2, -0.15) is 10.5 Å². The first-order valence-electron chi connectivity index (χ1n) is 7.77. The average molecular weight is 288 g/mol. The van der Waals surface area contributed by atoms with Crippen molar-refractivity contribution in [2.24, 2.45) is 0 Å². The smallest absolute Gasteiger partial charge is 0.0479 e. The standard InChI is InChI=1S/C18H28N2O/c1-6-15-8-10-16(11-9-15)14-19-21-20-17(2,3)12-7-13-18(20,4)5/h6,8-11,19H,1,7,12-14H2,2-5H3. The lowest BCUT2D eigenvalue weighted by Gasteiger charge is -2.50. The van der Waals surface area contributed by atoms with Crippen LogP contribution in [0.15, 0.2) is 30.8 Å². The number of hydrogen-bond acceptors (Lipinski definition) is 3. The van der Waals surface area contributed by atoms with Crippen molar-refractivity contribution in [3.8, 4) is 0 Å². The molecule has 2 rings (SSSR count). The van der Waals surface area contributed by atoms with Gasteiger partial charge in [-0.1, -0.05) is 36.9 Å². The number of hydroxylamine groups is 3. The summed E-state index contributed by atoms with van der Waals surface area (Å²) in [4.78, 5) is 5.94. The van der Waals surface area contributed by atoms with E-state index in [0.717, 1.165) is 18.4 Å². The minimum absolute atomic E-state index is 0.0570. The molecular formula is C18H28N2O. The summed E-state index contributed by atoms with van der Waals surface area (Å²) in [5.74, 6) is 0. The molecule has 3 heteroatoms. The third kappa shape index (κ3) is 3.94. The van der Waals surface area contributed by atoms with E-state index in [-0.39, 0.29) is 11.1 Å². The molecule has 1 heterocycles. The summed E-state index contributed by atoms with van der Waals surface area (Å²) in [6.45, 7) is 13.4. The molecule has 116 valence electrons. The van der Waals surface area contributed by atoms with Crippen LogP contribution in [0.5, 0.6) is 0 Å². The summed E-state index contributed by atoms with van der Waals surface area (Å²) in [7, 11) is 0. The van der Waals surface area contributed by atoms with Gasteiger partial charge >= 0.3 is 0 Å². The molecule has 0 unspecified atom stereocenters. The van der Waals surface area contributed by atoms with Crippen LogP contribution in [0.3, 0.4) is 0 Å². The third-order valence-electron chi connectivity index (χ3n) is 4.32. The second-order valence-corrected chi connectivity index (χ2v) is 7.13. The molecule has 0 spiro atoms. The van der Waals surface area contributed by atoms with Gasteiger partial charge in [0.05, 0.1) is 0 Å². The van der Waals surface area contributed by atoms with E-state index in [2.05, 4.69) is 69.1 Å². The van der Waals surface area contributed by atoms with E-state index in [9.17, 15) is 0 Å². The van der Waals surface area contributed by atoms with Crippen molar-refractivity contribution in [2.45, 2.75) is 64.6 Å². The van der Waals surface area contributed by atoms with Crippen molar-refractivity contribution < 1.29 is 4.94 Å². The molecule has 3 nitrogen and oxygen atoms in total. The Hall–Kier alpha value is -1.16. The third-order valence-corrected chi connectivity index (χ3v) is 4.32. The van der Waals surface area contributed by atoms with Gasteiger partial charge in [0, 0.05) is 17.6 Å². The van der Waals surface area contributed by atoms with Gasteiger partial charge in [-0.15, -0.1) is 0 Å². The molecule has 1 aromatic rings. The highest BCUT2D eigenvalue weighted by Crippen LogP contribution is 2.37. The molecule has 0 bridgehead atoms. The van der Waals surface area contributed by atoms with E-state index in [0.29, 0.717) is 6.54 Å². The summed E-state index contributed by atoms with van der Waals surface area (Å²) >= 11 is 0. The molecule has 1 saturated heterocycles. The average Bonchev–Trinajstić information content (AvgIpc) is 2.42. The van der Waals surface area contributed by atoms with Crippen LogP contribution >= 0.6 is 0 Å². The van der Waals surface area contributed by atoms with Gasteiger partial charge in [-0.25, -0.2) is 4.94 Å². The van der Waals surface area contributed by atoms with E-state index in [1.165, 1.54) is 12.0 Å². The lowest BCUT2D eigenvalue weighted by atomic mass is 9.82. The van der Waals surface area contributed by atoms with Crippen molar-refractivity contribution in [1.29, 1.82) is 0 Å². The predicted octanol–water partition coefficient (Wildman–Crippen LogP) is 4.31. The second kappa shape index (κ2) is 6.30. The minimum atomic E-state index is 0.0570. The van der Waals surface area contributed by atoms with Crippen molar-refractivity contribution in [3.63, 3.8) is 0 Å². The molecule has 0 saturated carbocycles. The van der Waals surface area contributed by atoms with Gasteiger partial charge < -0.3 is 0 Å². The molecule has 0 aromatic heterocycles. The van der Waals surface area contributed by atoms with Gasteiger partial charge in [0.1, 0.15) is 0 Å². The van der Waals surface area contributed by atoms with Crippen LogP contribution < -0.4 is 5.48 Å². The van der Waals surface area contributed by atoms with E-state index in [4.69, 9.17) is 4.94 Å². The number of nitrogens with zero attached hydrogens (tertiary/aromatic N) is 1. The summed E-state index contributed by atoms with van der Waals surface area (Å²) in [6, 6.07) is 8.33. The molecule has 1 aromatic carbocycles. The Morgan fingerprint density at radius 1 is 1.14 bits per heavy atom. The summed E-state index contributed by atoms with van der Waals surface area (Å²) < 4.78 is 0. The van der Waals surface area contributed by atoms with Crippen LogP contribution in [0.25, 0.3) is 6.08 Å². The largest absolute Gasteiger partial charge is 0.210 e. The quantitative estimate of drug-likeness (QED) is 0.817. The fraction of sp³-hybridized carbons (Fsp3) is 0.556. The van der Waals surface area contributed by atoms with Crippen LogP contribution in [-0.4, -0.2) is 16.1 Å². The topological polar surface area (TPSA) is 24.5 Å². The molecule has 1 aliphatic rings. The van der Waals surface area contributed by atoms with Gasteiger partial charge in [0.25, 0.3) is 0 Å². The Bertz CT molecular complexity index is 460. The summed E-state index contributed by atoms with van der Waals surface area (Å²) in [6.07, 6.45) is 5.42. The zero-order valence-electron chi connectivity index (χ0n) is 13.8. The van der Waals surface area contributed by atoms with Gasteiger partial charge in [-0.3, -0.25) is 0 Å². The molecule has 0 atom stereocenters. The molecular weight excluding hydrogens is 260 g/mol. The molecule has 0 radical (unpaired) electrons. The molecule has 0 aliphatic carbocycles. The van der Waals surface area contributed by atoms with Crippen LogP contribution in [0.2, 0.25) is 0 Å². The SMILES string of the molecule is C=Cc1ccc(CNON2C(C)(C)CCCC2(C)C)cc1. The van der Waals surface area contributed by atoms with E-state index in [1.807, 2.05) is 6.08 Å². The van der Waals surface area contributed by atoms with Crippen LogP contribution in [0.4, 0.5) is 0 Å². The van der Waals surface area contributed by atoms with Crippen molar-refractivity contribution in [2.75, 3.05) is 0 Å². The van der Waals surface area contributed by atoms with Crippen LogP contribution in [-0.2, 0) is 11.5 Å². The Balaban J connectivity index is 1.92. The highest BCUT2D eigenvalue weighted by atomic mass is 16.8. The van der Waals surface area contributed by atoms with Crippen molar-refractivity contribution >= 4 is 6.08 Å². The number of benzene rings is 1. The minimum Gasteiger partial charge on any atom is -0.210 e. The van der Waals surface area contributed by atoms with Gasteiger partial charge in [0.2, 0.25) is 0 Å². The van der Waals surface area contributed by atoms with E-state index >= 15 is 0 Å². The Morgan fingerprint density at radius 3 is 2.24 bits per heavy atom. The summed E-state index contributed by atoms with van der Waals surface area (Å²) in [5, 5.41) is 2.13. The van der Waals surface area contributed by atoms with E-state index < -0.39 is 0 Å². The molecule has 0 amide bonds. The first-order chi connectivity index (χ1) is 9.85. The van der Waals surface area contributed by atoms with Gasteiger partial charge in [-0.05, 0) is 58.1 Å². The Labute approximate surface area is 128 Å². The maximum atomic E-state index is 5.94. The second-order valence-electron chi connectivity index (χ2n) is 7.13. The normalized spacial score (nSPS) is 21.1. The lowest BCUT2D eigenvalue weighted by molar-refractivity contribution is -0.315. The molecule has 1 aliphatic heterocycles. The van der Waals surface area contributed by atoms with Crippen LogP contribution in [0, 0.1) is 0 Å². The fourth-order valence-electron chi connectivity index (χ4n) is 3.17. The monoisotopic (exact) mass is 288 g/mol. The molecule has 1 N–H and O–H groups in total. The zero-order chi connectivity index (χ0) is 15.5. The maximum absolute atomic E-state index is 5.94. The highest BCUT2D eigenvalue weighted by Gasteiger charge is 2.42. The zero-order valence-corrected chi connectivity index (χ0v) is 13.8.